The van der Waals surface area contributed by atoms with E-state index in [-0.39, 0.29) is 12.0 Å². The Morgan fingerprint density at radius 1 is 1.44 bits per heavy atom. The van der Waals surface area contributed by atoms with Gasteiger partial charge in [-0.15, -0.1) is 0 Å². The predicted octanol–water partition coefficient (Wildman–Crippen LogP) is 1.40. The first-order valence-electron chi connectivity index (χ1n) is 7.29. The predicted molar refractivity (Wildman–Crippen MR) is 71.4 cm³/mol. The molecule has 1 saturated carbocycles. The number of morpholine rings is 1. The highest BCUT2D eigenvalue weighted by Gasteiger charge is 2.40. The summed E-state index contributed by atoms with van der Waals surface area (Å²) in [5.41, 5.74) is 0. The topological polar surface area (TPSA) is 41.6 Å². The smallest absolute Gasteiger partial charge is 0.253 e. The summed E-state index contributed by atoms with van der Waals surface area (Å²) >= 11 is 0. The molecule has 3 atom stereocenters. The molecule has 2 aliphatic rings. The number of hydrogen-bond donors (Lipinski definition) is 1. The lowest BCUT2D eigenvalue weighted by Gasteiger charge is -2.36. The molecule has 1 aliphatic carbocycles. The van der Waals surface area contributed by atoms with Crippen molar-refractivity contribution in [3.05, 3.63) is 0 Å². The molecule has 0 bridgehead atoms. The number of amides is 1. The van der Waals surface area contributed by atoms with Gasteiger partial charge in [0, 0.05) is 25.2 Å². The number of ether oxygens (including phenoxy) is 1. The van der Waals surface area contributed by atoms with Gasteiger partial charge in [-0.3, -0.25) is 4.79 Å². The SMILES string of the molecule is CCC(C)C(C)N(C(=O)C1CNCCO1)C1CC1. The second kappa shape index (κ2) is 6.02. The van der Waals surface area contributed by atoms with Gasteiger partial charge in [0.25, 0.3) is 5.91 Å². The Balaban J connectivity index is 2.02. The maximum atomic E-state index is 12.6. The number of rotatable bonds is 5. The van der Waals surface area contributed by atoms with Crippen molar-refractivity contribution < 1.29 is 9.53 Å². The zero-order chi connectivity index (χ0) is 13.1. The third kappa shape index (κ3) is 3.04. The minimum atomic E-state index is -0.272. The molecule has 1 amide bonds. The van der Waals surface area contributed by atoms with Gasteiger partial charge in [-0.05, 0) is 25.7 Å². The van der Waals surface area contributed by atoms with E-state index in [0.29, 0.717) is 31.2 Å². The number of nitrogens with one attached hydrogen (secondary N) is 1. The molecule has 0 aromatic rings. The molecule has 4 heteroatoms. The molecule has 2 rings (SSSR count). The number of carbonyl (C=O) groups excluding carboxylic acids is 1. The van der Waals surface area contributed by atoms with Crippen molar-refractivity contribution in [1.29, 1.82) is 0 Å². The van der Waals surface area contributed by atoms with E-state index in [1.54, 1.807) is 0 Å². The van der Waals surface area contributed by atoms with E-state index in [0.717, 1.165) is 25.8 Å². The number of carbonyl (C=O) groups is 1. The monoisotopic (exact) mass is 254 g/mol. The summed E-state index contributed by atoms with van der Waals surface area (Å²) in [6.07, 6.45) is 3.16. The van der Waals surface area contributed by atoms with E-state index in [9.17, 15) is 4.79 Å². The van der Waals surface area contributed by atoms with Gasteiger partial charge in [0.1, 0.15) is 6.10 Å². The van der Waals surface area contributed by atoms with Crippen molar-refractivity contribution in [2.75, 3.05) is 19.7 Å². The van der Waals surface area contributed by atoms with Crippen LogP contribution in [0.3, 0.4) is 0 Å². The summed E-state index contributed by atoms with van der Waals surface area (Å²) < 4.78 is 5.61. The van der Waals surface area contributed by atoms with E-state index in [1.165, 1.54) is 0 Å². The van der Waals surface area contributed by atoms with Crippen LogP contribution < -0.4 is 5.32 Å². The highest BCUT2D eigenvalue weighted by Crippen LogP contribution is 2.32. The Morgan fingerprint density at radius 2 is 2.17 bits per heavy atom. The Hall–Kier alpha value is -0.610. The van der Waals surface area contributed by atoms with Crippen LogP contribution in [0, 0.1) is 5.92 Å². The maximum Gasteiger partial charge on any atom is 0.253 e. The molecule has 104 valence electrons. The van der Waals surface area contributed by atoms with Crippen LogP contribution in [0.15, 0.2) is 0 Å². The minimum Gasteiger partial charge on any atom is -0.366 e. The lowest BCUT2D eigenvalue weighted by atomic mass is 9.98. The first-order chi connectivity index (χ1) is 8.65. The minimum absolute atomic E-state index is 0.192. The van der Waals surface area contributed by atoms with Crippen LogP contribution in [0.1, 0.15) is 40.0 Å². The summed E-state index contributed by atoms with van der Waals surface area (Å²) in [5, 5.41) is 3.24. The van der Waals surface area contributed by atoms with Crippen LogP contribution >= 0.6 is 0 Å². The van der Waals surface area contributed by atoms with Crippen LogP contribution in [0.4, 0.5) is 0 Å². The Labute approximate surface area is 110 Å². The molecule has 0 aromatic heterocycles. The van der Waals surface area contributed by atoms with E-state index in [2.05, 4.69) is 31.0 Å². The highest BCUT2D eigenvalue weighted by atomic mass is 16.5. The molecule has 1 N–H and O–H groups in total. The standard InChI is InChI=1S/C14H26N2O2/c1-4-10(2)11(3)16(12-5-6-12)14(17)13-9-15-7-8-18-13/h10-13,15H,4-9H2,1-3H3. The Bertz CT molecular complexity index is 286. The summed E-state index contributed by atoms with van der Waals surface area (Å²) in [6, 6.07) is 0.785. The van der Waals surface area contributed by atoms with E-state index < -0.39 is 0 Å². The summed E-state index contributed by atoms with van der Waals surface area (Å²) in [4.78, 5) is 14.7. The van der Waals surface area contributed by atoms with Crippen molar-refractivity contribution >= 4 is 5.91 Å². The lowest BCUT2D eigenvalue weighted by molar-refractivity contribution is -0.149. The molecule has 2 fully saturated rings. The molecular weight excluding hydrogens is 228 g/mol. The second-order valence-corrected chi connectivity index (χ2v) is 5.67. The molecule has 1 heterocycles. The lowest BCUT2D eigenvalue weighted by Crippen LogP contribution is -2.53. The second-order valence-electron chi connectivity index (χ2n) is 5.67. The summed E-state index contributed by atoms with van der Waals surface area (Å²) in [7, 11) is 0. The Morgan fingerprint density at radius 3 is 2.67 bits per heavy atom. The van der Waals surface area contributed by atoms with Gasteiger partial charge in [0.05, 0.1) is 6.61 Å². The van der Waals surface area contributed by atoms with E-state index in [1.807, 2.05) is 0 Å². The van der Waals surface area contributed by atoms with Crippen LogP contribution in [0.2, 0.25) is 0 Å². The largest absolute Gasteiger partial charge is 0.366 e. The number of hydrogen-bond acceptors (Lipinski definition) is 3. The van der Waals surface area contributed by atoms with Crippen molar-refractivity contribution in [2.24, 2.45) is 5.92 Å². The zero-order valence-corrected chi connectivity index (χ0v) is 11.8. The van der Waals surface area contributed by atoms with E-state index >= 15 is 0 Å². The highest BCUT2D eigenvalue weighted by molar-refractivity contribution is 5.82. The molecule has 1 aliphatic heterocycles. The summed E-state index contributed by atoms with van der Waals surface area (Å²) in [5.74, 6) is 0.739. The molecule has 4 nitrogen and oxygen atoms in total. The van der Waals surface area contributed by atoms with Gasteiger partial charge in [-0.25, -0.2) is 0 Å². The normalized spacial score (nSPS) is 27.6. The molecule has 0 radical (unpaired) electrons. The van der Waals surface area contributed by atoms with Crippen LogP contribution in [-0.2, 0) is 9.53 Å². The summed E-state index contributed by atoms with van der Waals surface area (Å²) in [6.45, 7) is 8.76. The Kier molecular flexibility index (Phi) is 4.62. The number of nitrogens with zero attached hydrogens (tertiary/aromatic N) is 1. The van der Waals surface area contributed by atoms with Gasteiger partial charge < -0.3 is 15.0 Å². The molecule has 0 aromatic carbocycles. The molecule has 3 unspecified atom stereocenters. The van der Waals surface area contributed by atoms with Crippen molar-refractivity contribution in [2.45, 2.75) is 58.2 Å². The molecule has 1 saturated heterocycles. The van der Waals surface area contributed by atoms with Gasteiger partial charge in [-0.2, -0.15) is 0 Å². The fraction of sp³-hybridized carbons (Fsp3) is 0.929. The van der Waals surface area contributed by atoms with Gasteiger partial charge >= 0.3 is 0 Å². The first-order valence-corrected chi connectivity index (χ1v) is 7.29. The average Bonchev–Trinajstić information content (AvgIpc) is 3.23. The van der Waals surface area contributed by atoms with Crippen molar-refractivity contribution in [3.63, 3.8) is 0 Å². The van der Waals surface area contributed by atoms with Crippen molar-refractivity contribution in [1.82, 2.24) is 10.2 Å². The quantitative estimate of drug-likeness (QED) is 0.806. The van der Waals surface area contributed by atoms with Crippen LogP contribution in [0.5, 0.6) is 0 Å². The third-order valence-electron chi connectivity index (χ3n) is 4.30. The first kappa shape index (κ1) is 13.8. The van der Waals surface area contributed by atoms with Crippen molar-refractivity contribution in [3.8, 4) is 0 Å². The maximum absolute atomic E-state index is 12.6. The fourth-order valence-electron chi connectivity index (χ4n) is 2.57. The zero-order valence-electron chi connectivity index (χ0n) is 11.8. The van der Waals surface area contributed by atoms with Gasteiger partial charge in [0.2, 0.25) is 0 Å². The molecule has 18 heavy (non-hydrogen) atoms. The average molecular weight is 254 g/mol. The van der Waals surface area contributed by atoms with Gasteiger partial charge in [0.15, 0.2) is 0 Å². The van der Waals surface area contributed by atoms with Crippen LogP contribution in [0.25, 0.3) is 0 Å². The van der Waals surface area contributed by atoms with E-state index in [4.69, 9.17) is 4.74 Å². The fourth-order valence-corrected chi connectivity index (χ4v) is 2.57. The molecule has 0 spiro atoms. The van der Waals surface area contributed by atoms with Gasteiger partial charge in [-0.1, -0.05) is 20.3 Å². The third-order valence-corrected chi connectivity index (χ3v) is 4.30. The molecular formula is C14H26N2O2. The van der Waals surface area contributed by atoms with Crippen LogP contribution in [-0.4, -0.2) is 48.7 Å².